The van der Waals surface area contributed by atoms with Gasteiger partial charge in [0, 0.05) is 5.92 Å². The highest BCUT2D eigenvalue weighted by atomic mass is 32.1. The fourth-order valence-corrected chi connectivity index (χ4v) is 2.06. The summed E-state index contributed by atoms with van der Waals surface area (Å²) in [5, 5.41) is 2.05. The van der Waals surface area contributed by atoms with Gasteiger partial charge in [0.25, 0.3) is 0 Å². The molecule has 0 aliphatic rings. The molecule has 1 unspecified atom stereocenters. The van der Waals surface area contributed by atoms with Gasteiger partial charge in [0.15, 0.2) is 0 Å². The van der Waals surface area contributed by atoms with Crippen molar-refractivity contribution >= 4 is 16.3 Å². The van der Waals surface area contributed by atoms with E-state index < -0.39 is 0 Å². The number of nitrogens with zero attached hydrogens (tertiary/aromatic N) is 1. The van der Waals surface area contributed by atoms with Crippen molar-refractivity contribution in [2.45, 2.75) is 40.0 Å². The molecule has 0 radical (unpaired) electrons. The largest absolute Gasteiger partial charge is 0.389 e. The predicted molar refractivity (Wildman–Crippen MR) is 59.2 cm³/mol. The lowest BCUT2D eigenvalue weighted by molar-refractivity contribution is 0.526. The topological polar surface area (TPSA) is 38.9 Å². The number of nitrogens with two attached hydrogens (primary N) is 1. The Morgan fingerprint density at radius 1 is 1.38 bits per heavy atom. The first-order chi connectivity index (χ1) is 6.06. The number of hydrogen-bond donors (Lipinski definition) is 1. The Labute approximate surface area is 84.2 Å². The van der Waals surface area contributed by atoms with E-state index in [1.807, 2.05) is 0 Å². The van der Waals surface area contributed by atoms with Crippen molar-refractivity contribution in [2.24, 2.45) is 5.92 Å². The Balaban J connectivity index is 2.93. The van der Waals surface area contributed by atoms with Crippen LogP contribution in [0.4, 0.5) is 5.00 Å². The number of thiazole rings is 1. The van der Waals surface area contributed by atoms with Gasteiger partial charge in [0.2, 0.25) is 0 Å². The van der Waals surface area contributed by atoms with Crippen molar-refractivity contribution in [1.29, 1.82) is 0 Å². The van der Waals surface area contributed by atoms with Crippen LogP contribution < -0.4 is 5.73 Å². The lowest BCUT2D eigenvalue weighted by Crippen LogP contribution is -2.04. The van der Waals surface area contributed by atoms with Crippen molar-refractivity contribution in [2.75, 3.05) is 5.73 Å². The average molecular weight is 198 g/mol. The highest BCUT2D eigenvalue weighted by Crippen LogP contribution is 2.31. The lowest BCUT2D eigenvalue weighted by Gasteiger charge is -2.13. The molecule has 13 heavy (non-hydrogen) atoms. The highest BCUT2D eigenvalue weighted by Gasteiger charge is 2.17. The summed E-state index contributed by atoms with van der Waals surface area (Å²) < 4.78 is 0. The summed E-state index contributed by atoms with van der Waals surface area (Å²) in [6.07, 6.45) is 0.986. The summed E-state index contributed by atoms with van der Waals surface area (Å²) in [4.78, 5) is 4.54. The molecular formula is C10H18N2S. The monoisotopic (exact) mass is 198 g/mol. The van der Waals surface area contributed by atoms with Gasteiger partial charge in [-0.1, -0.05) is 27.7 Å². The zero-order chi connectivity index (χ0) is 10.0. The van der Waals surface area contributed by atoms with Gasteiger partial charge in [-0.05, 0) is 12.3 Å². The summed E-state index contributed by atoms with van der Waals surface area (Å²) in [7, 11) is 0. The molecule has 2 N–H and O–H groups in total. The average Bonchev–Trinajstić information content (AvgIpc) is 2.45. The molecule has 1 rings (SSSR count). The Morgan fingerprint density at radius 2 is 2.00 bits per heavy atom. The van der Waals surface area contributed by atoms with E-state index >= 15 is 0 Å². The normalized spacial score (nSPS) is 13.6. The van der Waals surface area contributed by atoms with Gasteiger partial charge >= 0.3 is 0 Å². The van der Waals surface area contributed by atoms with Crippen molar-refractivity contribution in [3.05, 3.63) is 10.7 Å². The molecule has 0 bridgehead atoms. The van der Waals surface area contributed by atoms with E-state index in [9.17, 15) is 0 Å². The standard InChI is InChI=1S/C10H18N2S/c1-5-8-12-9(10(11)13-8)7(4)6(2)3/h6-7H,5,11H2,1-4H3. The second kappa shape index (κ2) is 4.09. The molecule has 3 heteroatoms. The maximum Gasteiger partial charge on any atom is 0.110 e. The van der Waals surface area contributed by atoms with Crippen molar-refractivity contribution < 1.29 is 0 Å². The molecular weight excluding hydrogens is 180 g/mol. The van der Waals surface area contributed by atoms with E-state index in [0.717, 1.165) is 22.1 Å². The molecule has 0 saturated carbocycles. The highest BCUT2D eigenvalue weighted by molar-refractivity contribution is 7.15. The first kappa shape index (κ1) is 10.5. The minimum Gasteiger partial charge on any atom is -0.389 e. The van der Waals surface area contributed by atoms with Crippen molar-refractivity contribution in [3.8, 4) is 0 Å². The first-order valence-electron chi connectivity index (χ1n) is 4.81. The van der Waals surface area contributed by atoms with Gasteiger partial charge < -0.3 is 5.73 Å². The Kier molecular flexibility index (Phi) is 3.31. The van der Waals surface area contributed by atoms with E-state index in [-0.39, 0.29) is 0 Å². The van der Waals surface area contributed by atoms with Crippen LogP contribution in [0.15, 0.2) is 0 Å². The van der Waals surface area contributed by atoms with Crippen LogP contribution >= 0.6 is 11.3 Å². The molecule has 0 saturated heterocycles. The predicted octanol–water partition coefficient (Wildman–Crippen LogP) is 3.05. The number of rotatable bonds is 3. The molecule has 0 aliphatic heterocycles. The fraction of sp³-hybridized carbons (Fsp3) is 0.700. The molecule has 0 aromatic carbocycles. The number of aryl methyl sites for hydroxylation is 1. The quantitative estimate of drug-likeness (QED) is 0.810. The maximum atomic E-state index is 5.91. The third-order valence-corrected chi connectivity index (χ3v) is 3.50. The number of anilines is 1. The zero-order valence-corrected chi connectivity index (χ0v) is 9.61. The van der Waals surface area contributed by atoms with Crippen molar-refractivity contribution in [1.82, 2.24) is 4.98 Å². The van der Waals surface area contributed by atoms with E-state index in [1.165, 1.54) is 0 Å². The summed E-state index contributed by atoms with van der Waals surface area (Å²) >= 11 is 1.63. The fourth-order valence-electron chi connectivity index (χ4n) is 1.18. The SMILES string of the molecule is CCc1nc(C(C)C(C)C)c(N)s1. The molecule has 1 aromatic rings. The second-order valence-corrected chi connectivity index (χ2v) is 4.86. The van der Waals surface area contributed by atoms with Crippen LogP contribution in [-0.2, 0) is 6.42 Å². The molecule has 2 nitrogen and oxygen atoms in total. The van der Waals surface area contributed by atoms with Crippen molar-refractivity contribution in [3.63, 3.8) is 0 Å². The van der Waals surface area contributed by atoms with Gasteiger partial charge in [0.1, 0.15) is 5.00 Å². The number of aromatic nitrogens is 1. The van der Waals surface area contributed by atoms with E-state index in [0.29, 0.717) is 11.8 Å². The summed E-state index contributed by atoms with van der Waals surface area (Å²) in [5.74, 6) is 1.07. The second-order valence-electron chi connectivity index (χ2n) is 3.74. The van der Waals surface area contributed by atoms with Crippen LogP contribution in [0.5, 0.6) is 0 Å². The van der Waals surface area contributed by atoms with Crippen LogP contribution in [0.3, 0.4) is 0 Å². The zero-order valence-electron chi connectivity index (χ0n) is 8.79. The molecule has 0 amide bonds. The summed E-state index contributed by atoms with van der Waals surface area (Å²) in [6, 6.07) is 0. The minimum absolute atomic E-state index is 0.469. The molecule has 74 valence electrons. The van der Waals surface area contributed by atoms with Crippen LogP contribution in [0.25, 0.3) is 0 Å². The van der Waals surface area contributed by atoms with Crippen LogP contribution in [0, 0.1) is 5.92 Å². The Morgan fingerprint density at radius 3 is 2.38 bits per heavy atom. The smallest absolute Gasteiger partial charge is 0.110 e. The third-order valence-electron chi connectivity index (χ3n) is 2.46. The van der Waals surface area contributed by atoms with Gasteiger partial charge in [-0.25, -0.2) is 4.98 Å². The number of hydrogen-bond acceptors (Lipinski definition) is 3. The van der Waals surface area contributed by atoms with Gasteiger partial charge in [-0.3, -0.25) is 0 Å². The third kappa shape index (κ3) is 2.21. The molecule has 1 heterocycles. The Bertz CT molecular complexity index is 278. The van der Waals surface area contributed by atoms with Gasteiger partial charge in [-0.15, -0.1) is 11.3 Å². The first-order valence-corrected chi connectivity index (χ1v) is 5.63. The minimum atomic E-state index is 0.469. The summed E-state index contributed by atoms with van der Waals surface area (Å²) in [6.45, 7) is 8.71. The summed E-state index contributed by atoms with van der Waals surface area (Å²) in [5.41, 5.74) is 7.01. The molecule has 1 atom stereocenters. The van der Waals surface area contributed by atoms with E-state index in [4.69, 9.17) is 5.73 Å². The van der Waals surface area contributed by atoms with E-state index in [2.05, 4.69) is 32.7 Å². The molecule has 0 fully saturated rings. The molecule has 0 aliphatic carbocycles. The molecule has 0 spiro atoms. The number of nitrogen functional groups attached to an aromatic ring is 1. The van der Waals surface area contributed by atoms with Crippen LogP contribution in [-0.4, -0.2) is 4.98 Å². The van der Waals surface area contributed by atoms with E-state index in [1.54, 1.807) is 11.3 Å². The Hall–Kier alpha value is -0.570. The maximum absolute atomic E-state index is 5.91. The van der Waals surface area contributed by atoms with Gasteiger partial charge in [-0.2, -0.15) is 0 Å². The van der Waals surface area contributed by atoms with Crippen LogP contribution in [0.1, 0.15) is 44.3 Å². The van der Waals surface area contributed by atoms with Crippen LogP contribution in [0.2, 0.25) is 0 Å². The van der Waals surface area contributed by atoms with Gasteiger partial charge in [0.05, 0.1) is 10.7 Å². The lowest BCUT2D eigenvalue weighted by atomic mass is 9.95. The molecule has 1 aromatic heterocycles.